The van der Waals surface area contributed by atoms with Crippen LogP contribution in [0.1, 0.15) is 31.3 Å². The van der Waals surface area contributed by atoms with Crippen LogP contribution in [0.25, 0.3) is 0 Å². The first-order valence-corrected chi connectivity index (χ1v) is 7.36. The minimum absolute atomic E-state index is 0.0666. The highest BCUT2D eigenvalue weighted by atomic mass is 16.6. The lowest BCUT2D eigenvalue weighted by molar-refractivity contribution is 0.0139. The zero-order valence-corrected chi connectivity index (χ0v) is 13.6. The average molecular weight is 308 g/mol. The van der Waals surface area contributed by atoms with Crippen molar-refractivity contribution in [1.29, 1.82) is 0 Å². The Balaban J connectivity index is 1.93. The molecule has 1 aromatic heterocycles. The second-order valence-corrected chi connectivity index (χ2v) is 6.53. The van der Waals surface area contributed by atoms with Gasteiger partial charge in [-0.15, -0.1) is 0 Å². The predicted molar refractivity (Wildman–Crippen MR) is 83.5 cm³/mol. The fraction of sp³-hybridized carbons (Fsp3) is 0.600. The summed E-state index contributed by atoms with van der Waals surface area (Å²) in [5, 5.41) is 0. The maximum atomic E-state index is 12.5. The van der Waals surface area contributed by atoms with Gasteiger partial charge in [0.25, 0.3) is 5.91 Å². The third-order valence-corrected chi connectivity index (χ3v) is 3.46. The maximum Gasteiger partial charge on any atom is 0.410 e. The van der Waals surface area contributed by atoms with E-state index in [0.29, 0.717) is 37.6 Å². The Morgan fingerprint density at radius 1 is 1.14 bits per heavy atom. The molecule has 1 aliphatic rings. The third kappa shape index (κ3) is 3.72. The number of aryl methyl sites for hydroxylation is 1. The topological polar surface area (TPSA) is 80.8 Å². The number of amides is 2. The summed E-state index contributed by atoms with van der Waals surface area (Å²) in [5.74, 6) is -0.0666. The van der Waals surface area contributed by atoms with Crippen LogP contribution in [-0.2, 0) is 11.8 Å². The summed E-state index contributed by atoms with van der Waals surface area (Å²) in [5.41, 5.74) is 6.32. The Morgan fingerprint density at radius 2 is 1.68 bits per heavy atom. The number of carbonyl (C=O) groups excluding carboxylic acids is 2. The Hall–Kier alpha value is -2.18. The number of nitrogens with two attached hydrogens (primary N) is 1. The van der Waals surface area contributed by atoms with Crippen molar-refractivity contribution in [3.05, 3.63) is 18.0 Å². The van der Waals surface area contributed by atoms with E-state index < -0.39 is 5.60 Å². The normalized spacial score (nSPS) is 15.8. The zero-order chi connectivity index (χ0) is 16.5. The molecule has 0 aliphatic carbocycles. The molecule has 1 aromatic rings. The van der Waals surface area contributed by atoms with Gasteiger partial charge in [-0.1, -0.05) is 0 Å². The summed E-state index contributed by atoms with van der Waals surface area (Å²) >= 11 is 0. The second-order valence-electron chi connectivity index (χ2n) is 6.53. The number of aromatic nitrogens is 1. The SMILES string of the molecule is Cn1cc(N)cc1C(=O)N1CCN(C(=O)OC(C)(C)C)CC1. The first kappa shape index (κ1) is 16.2. The van der Waals surface area contributed by atoms with Crippen molar-refractivity contribution in [2.75, 3.05) is 31.9 Å². The van der Waals surface area contributed by atoms with Crippen molar-refractivity contribution in [1.82, 2.24) is 14.4 Å². The molecule has 0 atom stereocenters. The minimum Gasteiger partial charge on any atom is -0.444 e. The van der Waals surface area contributed by atoms with Crippen molar-refractivity contribution >= 4 is 17.7 Å². The number of carbonyl (C=O) groups is 2. The first-order valence-electron chi connectivity index (χ1n) is 7.36. The molecule has 0 bridgehead atoms. The quantitative estimate of drug-likeness (QED) is 0.848. The van der Waals surface area contributed by atoms with Crippen molar-refractivity contribution in [3.8, 4) is 0 Å². The molecule has 2 rings (SSSR count). The number of nitrogen functional groups attached to an aromatic ring is 1. The van der Waals surface area contributed by atoms with Crippen LogP contribution in [0.15, 0.2) is 12.3 Å². The van der Waals surface area contributed by atoms with E-state index in [4.69, 9.17) is 10.5 Å². The predicted octanol–water partition coefficient (Wildman–Crippen LogP) is 1.30. The summed E-state index contributed by atoms with van der Waals surface area (Å²) in [7, 11) is 1.79. The third-order valence-electron chi connectivity index (χ3n) is 3.46. The first-order chi connectivity index (χ1) is 10.2. The van der Waals surface area contributed by atoms with Crippen molar-refractivity contribution in [2.45, 2.75) is 26.4 Å². The van der Waals surface area contributed by atoms with Gasteiger partial charge in [-0.05, 0) is 26.8 Å². The lowest BCUT2D eigenvalue weighted by atomic mass is 10.2. The van der Waals surface area contributed by atoms with Gasteiger partial charge in [-0.25, -0.2) is 4.79 Å². The fourth-order valence-electron chi connectivity index (χ4n) is 2.38. The van der Waals surface area contributed by atoms with E-state index in [0.717, 1.165) is 0 Å². The Kier molecular flexibility index (Phi) is 4.35. The van der Waals surface area contributed by atoms with Gasteiger partial charge in [0.1, 0.15) is 11.3 Å². The van der Waals surface area contributed by atoms with Crippen molar-refractivity contribution < 1.29 is 14.3 Å². The molecule has 1 saturated heterocycles. The minimum atomic E-state index is -0.509. The molecule has 2 heterocycles. The maximum absolute atomic E-state index is 12.5. The summed E-state index contributed by atoms with van der Waals surface area (Å²) in [4.78, 5) is 27.8. The summed E-state index contributed by atoms with van der Waals surface area (Å²) < 4.78 is 7.06. The number of hydrogen-bond donors (Lipinski definition) is 1. The van der Waals surface area contributed by atoms with Crippen LogP contribution < -0.4 is 5.73 Å². The standard InChI is InChI=1S/C15H24N4O3/c1-15(2,3)22-14(21)19-7-5-18(6-8-19)13(20)12-9-11(16)10-17(12)4/h9-10H,5-8,16H2,1-4H3. The number of hydrogen-bond acceptors (Lipinski definition) is 4. The molecule has 2 amide bonds. The highest BCUT2D eigenvalue weighted by Gasteiger charge is 2.28. The van der Waals surface area contributed by atoms with Gasteiger partial charge >= 0.3 is 6.09 Å². The van der Waals surface area contributed by atoms with Crippen molar-refractivity contribution in [3.63, 3.8) is 0 Å². The summed E-state index contributed by atoms with van der Waals surface area (Å²) in [6.07, 6.45) is 1.38. The van der Waals surface area contributed by atoms with E-state index >= 15 is 0 Å². The van der Waals surface area contributed by atoms with Gasteiger partial charge in [-0.3, -0.25) is 4.79 Å². The molecular formula is C15H24N4O3. The van der Waals surface area contributed by atoms with Gasteiger partial charge in [0.2, 0.25) is 0 Å². The van der Waals surface area contributed by atoms with Crippen LogP contribution in [-0.4, -0.2) is 58.1 Å². The second kappa shape index (κ2) is 5.90. The molecule has 0 saturated carbocycles. The lowest BCUT2D eigenvalue weighted by Crippen LogP contribution is -2.51. The van der Waals surface area contributed by atoms with Crippen LogP contribution in [0, 0.1) is 0 Å². The average Bonchev–Trinajstić information content (AvgIpc) is 2.75. The highest BCUT2D eigenvalue weighted by Crippen LogP contribution is 2.15. The molecule has 1 aliphatic heterocycles. The molecule has 0 aromatic carbocycles. The van der Waals surface area contributed by atoms with E-state index in [9.17, 15) is 9.59 Å². The number of anilines is 1. The van der Waals surface area contributed by atoms with E-state index in [1.165, 1.54) is 0 Å². The van der Waals surface area contributed by atoms with Crippen LogP contribution in [0.4, 0.5) is 10.5 Å². The van der Waals surface area contributed by atoms with E-state index in [1.54, 1.807) is 33.7 Å². The Morgan fingerprint density at radius 3 is 2.14 bits per heavy atom. The van der Waals surface area contributed by atoms with Gasteiger partial charge < -0.3 is 24.8 Å². The Labute approximate surface area is 130 Å². The molecule has 0 radical (unpaired) electrons. The van der Waals surface area contributed by atoms with Crippen molar-refractivity contribution in [2.24, 2.45) is 7.05 Å². The molecule has 0 spiro atoms. The van der Waals surface area contributed by atoms with Crippen LogP contribution >= 0.6 is 0 Å². The van der Waals surface area contributed by atoms with Crippen LogP contribution in [0.2, 0.25) is 0 Å². The molecular weight excluding hydrogens is 284 g/mol. The van der Waals surface area contributed by atoms with Crippen LogP contribution in [0.3, 0.4) is 0 Å². The molecule has 2 N–H and O–H groups in total. The van der Waals surface area contributed by atoms with E-state index in [-0.39, 0.29) is 12.0 Å². The summed E-state index contributed by atoms with van der Waals surface area (Å²) in [6.45, 7) is 7.44. The fourth-order valence-corrected chi connectivity index (χ4v) is 2.38. The number of rotatable bonds is 1. The molecule has 0 unspecified atom stereocenters. The zero-order valence-electron chi connectivity index (χ0n) is 13.6. The molecule has 1 fully saturated rings. The number of piperazine rings is 1. The van der Waals surface area contributed by atoms with E-state index in [2.05, 4.69) is 0 Å². The van der Waals surface area contributed by atoms with Crippen LogP contribution in [0.5, 0.6) is 0 Å². The molecule has 7 heteroatoms. The molecule has 7 nitrogen and oxygen atoms in total. The molecule has 22 heavy (non-hydrogen) atoms. The Bertz CT molecular complexity index is 566. The monoisotopic (exact) mass is 308 g/mol. The van der Waals surface area contributed by atoms with Gasteiger partial charge in [0.15, 0.2) is 0 Å². The van der Waals surface area contributed by atoms with Gasteiger partial charge in [0.05, 0.1) is 5.69 Å². The number of ether oxygens (including phenoxy) is 1. The summed E-state index contributed by atoms with van der Waals surface area (Å²) in [6, 6.07) is 1.67. The largest absolute Gasteiger partial charge is 0.444 e. The smallest absolute Gasteiger partial charge is 0.410 e. The van der Waals surface area contributed by atoms with Gasteiger partial charge in [0, 0.05) is 39.4 Å². The highest BCUT2D eigenvalue weighted by molar-refractivity contribution is 5.94. The van der Waals surface area contributed by atoms with Gasteiger partial charge in [-0.2, -0.15) is 0 Å². The molecule has 122 valence electrons. The van der Waals surface area contributed by atoms with E-state index in [1.807, 2.05) is 20.8 Å². The number of nitrogens with zero attached hydrogens (tertiary/aromatic N) is 3. The lowest BCUT2D eigenvalue weighted by Gasteiger charge is -2.35.